The van der Waals surface area contributed by atoms with Gasteiger partial charge in [0.05, 0.1) is 21.8 Å². The second-order valence-corrected chi connectivity index (χ2v) is 8.17. The van der Waals surface area contributed by atoms with Crippen molar-refractivity contribution < 1.29 is 131 Å². The molecule has 0 radical (unpaired) electrons. The van der Waals surface area contributed by atoms with Crippen molar-refractivity contribution in [1.29, 1.82) is 0 Å². The van der Waals surface area contributed by atoms with Crippen molar-refractivity contribution in [3.8, 4) is 5.75 Å². The summed E-state index contributed by atoms with van der Waals surface area (Å²) in [6.45, 7) is 2.38. The van der Waals surface area contributed by atoms with E-state index in [0.717, 1.165) is 11.5 Å². The smallest absolute Gasteiger partial charge is 0.870 e. The number of carbonyl (C=O) groups excluding carboxylic acids is 1. The van der Waals surface area contributed by atoms with E-state index in [-0.39, 0.29) is 130 Å². The largest absolute Gasteiger partial charge is 1.00 e. The van der Waals surface area contributed by atoms with Crippen molar-refractivity contribution >= 4 is 66.4 Å². The molecule has 0 aliphatic rings. The van der Waals surface area contributed by atoms with Crippen molar-refractivity contribution in [1.82, 2.24) is 4.37 Å². The molecule has 1 heterocycles. The molecule has 0 atom stereocenters. The topological polar surface area (TPSA) is 180 Å². The van der Waals surface area contributed by atoms with E-state index in [4.69, 9.17) is 0 Å². The van der Waals surface area contributed by atoms with Gasteiger partial charge in [0.25, 0.3) is 10.1 Å². The first-order valence-electron chi connectivity index (χ1n) is 8.18. The summed E-state index contributed by atoms with van der Waals surface area (Å²) in [6, 6.07) is 6.33. The summed E-state index contributed by atoms with van der Waals surface area (Å²) in [4.78, 5) is 14.6. The monoisotopic (exact) mass is 525 g/mol. The third-order valence-electron chi connectivity index (χ3n) is 3.63. The summed E-state index contributed by atoms with van der Waals surface area (Å²) in [5, 5.41) is 34.5. The molecule has 2 N–H and O–H groups in total. The summed E-state index contributed by atoms with van der Waals surface area (Å²) in [6.07, 6.45) is 0. The Labute approximate surface area is 272 Å². The molecule has 15 heteroatoms. The number of nitrogens with one attached hydrogen (secondary N) is 1. The van der Waals surface area contributed by atoms with Gasteiger partial charge in [-0.05, 0) is 54.7 Å². The molecule has 2 aromatic carbocycles. The maximum absolute atomic E-state index is 12.3. The zero-order valence-electron chi connectivity index (χ0n) is 17.5. The fraction of sp³-hybridized carbons (Fsp3) is 0.118. The molecule has 0 saturated carbocycles. The Morgan fingerprint density at radius 1 is 1.16 bits per heavy atom. The molecule has 3 aromatic rings. The van der Waals surface area contributed by atoms with Crippen LogP contribution < -0.4 is 118 Å². The summed E-state index contributed by atoms with van der Waals surface area (Å²) in [5.41, 5.74) is 0.223. The summed E-state index contributed by atoms with van der Waals surface area (Å²) in [5.74, 6) is -1.76. The van der Waals surface area contributed by atoms with Gasteiger partial charge in [0, 0.05) is 18.0 Å². The molecular weight excluding hydrogens is 513 g/mol. The van der Waals surface area contributed by atoms with E-state index in [9.17, 15) is 28.0 Å². The number of anilines is 1. The first kappa shape index (κ1) is 29.9. The van der Waals surface area contributed by atoms with Crippen molar-refractivity contribution in [2.45, 2.75) is 18.7 Å². The SMILES string of the molecule is CC(=O)Nc1cc(N=Nc2snc3ccc(S(=O)(=O)O)cc23)cc(N=C(C)[O-])c1[O-].[K+].[K+]. The number of rotatable bonds is 5. The number of azo groups is 1. The molecule has 0 bridgehead atoms. The zero-order valence-corrected chi connectivity index (χ0v) is 25.4. The summed E-state index contributed by atoms with van der Waals surface area (Å²) in [7, 11) is -4.41. The summed E-state index contributed by atoms with van der Waals surface area (Å²) >= 11 is 0.938. The predicted molar refractivity (Wildman–Crippen MR) is 107 cm³/mol. The number of carbonyl (C=O) groups is 1. The van der Waals surface area contributed by atoms with E-state index in [2.05, 4.69) is 24.9 Å². The van der Waals surface area contributed by atoms with Crippen LogP contribution in [0.25, 0.3) is 10.9 Å². The van der Waals surface area contributed by atoms with Crippen LogP contribution in [0.3, 0.4) is 0 Å². The van der Waals surface area contributed by atoms with E-state index >= 15 is 0 Å². The Balaban J connectivity index is 0.00000256. The van der Waals surface area contributed by atoms with E-state index in [1.54, 1.807) is 0 Å². The molecule has 0 saturated heterocycles. The van der Waals surface area contributed by atoms with Crippen LogP contribution in [0.15, 0.2) is 50.4 Å². The van der Waals surface area contributed by atoms with Gasteiger partial charge in [-0.15, -0.1) is 10.2 Å². The van der Waals surface area contributed by atoms with Gasteiger partial charge < -0.3 is 15.5 Å². The molecule has 0 unspecified atom stereocenters. The number of hydrogen-bond donors (Lipinski definition) is 2. The number of nitrogens with zero attached hydrogens (tertiary/aromatic N) is 4. The average Bonchev–Trinajstić information content (AvgIpc) is 3.04. The van der Waals surface area contributed by atoms with Gasteiger partial charge in [-0.2, -0.15) is 12.8 Å². The molecule has 0 aliphatic heterocycles. The van der Waals surface area contributed by atoms with Crippen LogP contribution in [0.4, 0.5) is 22.1 Å². The minimum Gasteiger partial charge on any atom is -0.870 e. The normalized spacial score (nSPS) is 11.8. The Kier molecular flexibility index (Phi) is 11.7. The van der Waals surface area contributed by atoms with Crippen LogP contribution in [-0.2, 0) is 14.9 Å². The van der Waals surface area contributed by atoms with Gasteiger partial charge in [0.15, 0.2) is 5.00 Å². The second kappa shape index (κ2) is 12.5. The number of benzene rings is 2. The summed E-state index contributed by atoms with van der Waals surface area (Å²) < 4.78 is 36.0. The van der Waals surface area contributed by atoms with Crippen LogP contribution in [-0.4, -0.2) is 29.1 Å². The Bertz CT molecular complexity index is 1320. The van der Waals surface area contributed by atoms with Crippen LogP contribution in [0.1, 0.15) is 13.8 Å². The van der Waals surface area contributed by atoms with Crippen LogP contribution in [0, 0.1) is 0 Å². The van der Waals surface area contributed by atoms with Gasteiger partial charge in [-0.1, -0.05) is 5.75 Å². The third-order valence-corrected chi connectivity index (χ3v) is 5.24. The van der Waals surface area contributed by atoms with Crippen LogP contribution >= 0.6 is 11.5 Å². The average molecular weight is 526 g/mol. The quantitative estimate of drug-likeness (QED) is 0.114. The molecule has 0 aliphatic carbocycles. The standard InChI is InChI=1S/C17H15N5O6S2.2K/c1-8(23)18-14-5-10(6-15(16(14)25)19-9(2)24)20-21-17-12-7-11(30(26,27)28)3-4-13(12)22-29-17;;/h3-7,25H,1-2H3,(H,18,23)(H,19,24)(H,26,27,28);;/q;2*+1/p-2. The Morgan fingerprint density at radius 3 is 2.44 bits per heavy atom. The minimum absolute atomic E-state index is 0. The third kappa shape index (κ3) is 7.69. The molecule has 0 fully saturated rings. The molecule has 1 amide bonds. The Morgan fingerprint density at radius 2 is 1.84 bits per heavy atom. The first-order valence-corrected chi connectivity index (χ1v) is 10.4. The fourth-order valence-electron chi connectivity index (χ4n) is 2.43. The second-order valence-electron chi connectivity index (χ2n) is 6.00. The maximum atomic E-state index is 12.3. The number of fused-ring (bicyclic) bond motifs is 1. The molecule has 32 heavy (non-hydrogen) atoms. The minimum atomic E-state index is -4.41. The number of aliphatic imine (C=N–C) groups is 1. The first-order chi connectivity index (χ1) is 14.0. The van der Waals surface area contributed by atoms with Gasteiger partial charge >= 0.3 is 103 Å². The van der Waals surface area contributed by atoms with Gasteiger partial charge in [0.1, 0.15) is 0 Å². The predicted octanol–water partition coefficient (Wildman–Crippen LogP) is -3.59. The van der Waals surface area contributed by atoms with Gasteiger partial charge in [-0.25, -0.2) is 0 Å². The van der Waals surface area contributed by atoms with Crippen molar-refractivity contribution in [2.75, 3.05) is 5.32 Å². The van der Waals surface area contributed by atoms with E-state index < -0.39 is 27.7 Å². The van der Waals surface area contributed by atoms with Crippen molar-refractivity contribution in [3.05, 3.63) is 30.3 Å². The number of aromatic nitrogens is 1. The van der Waals surface area contributed by atoms with Crippen LogP contribution in [0.2, 0.25) is 0 Å². The Hall–Kier alpha value is -0.147. The van der Waals surface area contributed by atoms with E-state index in [1.165, 1.54) is 44.2 Å². The zero-order chi connectivity index (χ0) is 22.1. The number of hydrogen-bond acceptors (Lipinski definition) is 10. The van der Waals surface area contributed by atoms with Gasteiger partial charge in [0.2, 0.25) is 5.91 Å². The van der Waals surface area contributed by atoms with E-state index in [1.807, 2.05) is 0 Å². The molecule has 3 rings (SSSR count). The fourth-order valence-corrected chi connectivity index (χ4v) is 3.62. The molecule has 156 valence electrons. The molecule has 11 nitrogen and oxygen atoms in total. The molecule has 0 spiro atoms. The van der Waals surface area contributed by atoms with Crippen LogP contribution in [0.5, 0.6) is 5.75 Å². The number of amides is 1. The van der Waals surface area contributed by atoms with E-state index in [0.29, 0.717) is 10.9 Å². The van der Waals surface area contributed by atoms with Crippen molar-refractivity contribution in [3.63, 3.8) is 0 Å². The molecule has 1 aromatic heterocycles. The molecular formula is C17H13K2N5O6S2. The van der Waals surface area contributed by atoms with Gasteiger partial charge in [-0.3, -0.25) is 14.3 Å². The van der Waals surface area contributed by atoms with Crippen molar-refractivity contribution in [2.24, 2.45) is 15.2 Å². The maximum Gasteiger partial charge on any atom is 1.00 e.